The van der Waals surface area contributed by atoms with Crippen LogP contribution in [0.5, 0.6) is 0 Å². The largest absolute Gasteiger partial charge is 0.469 e. The highest BCUT2D eigenvalue weighted by Gasteiger charge is 2.25. The molecule has 0 radical (unpaired) electrons. The number of methoxy groups -OCH3 is 1. The molecule has 1 aliphatic heterocycles. The van der Waals surface area contributed by atoms with Crippen LogP contribution >= 0.6 is 0 Å². The van der Waals surface area contributed by atoms with Crippen molar-refractivity contribution in [3.8, 4) is 0 Å². The van der Waals surface area contributed by atoms with E-state index in [1.54, 1.807) is 0 Å². The van der Waals surface area contributed by atoms with Gasteiger partial charge in [-0.15, -0.1) is 0 Å². The van der Waals surface area contributed by atoms with Gasteiger partial charge in [-0.3, -0.25) is 4.79 Å². The molecule has 0 aromatic carbocycles. The van der Waals surface area contributed by atoms with Crippen molar-refractivity contribution in [2.24, 2.45) is 5.92 Å². The van der Waals surface area contributed by atoms with E-state index in [0.717, 1.165) is 32.5 Å². The highest BCUT2D eigenvalue weighted by molar-refractivity contribution is 5.72. The number of nitrogens with one attached hydrogen (secondary N) is 1. The number of hydrogen-bond acceptors (Lipinski definition) is 5. The molecule has 1 saturated heterocycles. The van der Waals surface area contributed by atoms with Crippen LogP contribution in [0.4, 0.5) is 4.79 Å². The number of carbonyl (C=O) groups is 2. The maximum absolute atomic E-state index is 11.5. The van der Waals surface area contributed by atoms with Crippen LogP contribution in [0.2, 0.25) is 0 Å². The highest BCUT2D eigenvalue weighted by Crippen LogP contribution is 2.17. The van der Waals surface area contributed by atoms with Gasteiger partial charge >= 0.3 is 12.1 Å². The molecule has 20 heavy (non-hydrogen) atoms. The fourth-order valence-electron chi connectivity index (χ4n) is 2.19. The van der Waals surface area contributed by atoms with Gasteiger partial charge in [-0.25, -0.2) is 4.79 Å². The van der Waals surface area contributed by atoms with E-state index in [1.165, 1.54) is 7.11 Å². The SMILES string of the molecule is COC(=O)C1CCN(CCNC(=O)OC(C)(C)C)CC1. The second-order valence-corrected chi connectivity index (χ2v) is 6.07. The summed E-state index contributed by atoms with van der Waals surface area (Å²) in [6.45, 7) is 8.55. The van der Waals surface area contributed by atoms with Crippen LogP contribution < -0.4 is 5.32 Å². The van der Waals surface area contributed by atoms with Gasteiger partial charge in [0.2, 0.25) is 0 Å². The molecule has 6 heteroatoms. The van der Waals surface area contributed by atoms with Gasteiger partial charge in [0.1, 0.15) is 5.60 Å². The topological polar surface area (TPSA) is 67.9 Å². The van der Waals surface area contributed by atoms with E-state index in [0.29, 0.717) is 6.54 Å². The Balaban J connectivity index is 2.16. The van der Waals surface area contributed by atoms with Gasteiger partial charge < -0.3 is 19.7 Å². The van der Waals surface area contributed by atoms with Crippen molar-refractivity contribution in [3.63, 3.8) is 0 Å². The molecule has 0 aromatic heterocycles. The number of nitrogens with zero attached hydrogens (tertiary/aromatic N) is 1. The quantitative estimate of drug-likeness (QED) is 0.791. The van der Waals surface area contributed by atoms with Crippen molar-refractivity contribution in [2.45, 2.75) is 39.2 Å². The number of rotatable bonds is 4. The minimum Gasteiger partial charge on any atom is -0.469 e. The number of hydrogen-bond donors (Lipinski definition) is 1. The van der Waals surface area contributed by atoms with Crippen molar-refractivity contribution in [1.29, 1.82) is 0 Å². The zero-order valence-electron chi connectivity index (χ0n) is 12.9. The van der Waals surface area contributed by atoms with Gasteiger partial charge in [0.15, 0.2) is 0 Å². The number of esters is 1. The number of piperidine rings is 1. The summed E-state index contributed by atoms with van der Waals surface area (Å²) < 4.78 is 9.91. The van der Waals surface area contributed by atoms with Crippen LogP contribution in [0.3, 0.4) is 0 Å². The average molecular weight is 286 g/mol. The van der Waals surface area contributed by atoms with Crippen molar-refractivity contribution >= 4 is 12.1 Å². The normalized spacial score (nSPS) is 17.6. The number of amides is 1. The summed E-state index contributed by atoms with van der Waals surface area (Å²) in [4.78, 5) is 25.1. The minimum atomic E-state index is -0.469. The molecule has 0 unspecified atom stereocenters. The van der Waals surface area contributed by atoms with Crippen LogP contribution in [0.15, 0.2) is 0 Å². The third-order valence-corrected chi connectivity index (χ3v) is 3.22. The van der Waals surface area contributed by atoms with E-state index in [9.17, 15) is 9.59 Å². The number of likely N-dealkylation sites (tertiary alicyclic amines) is 1. The first-order valence-electron chi connectivity index (χ1n) is 7.09. The summed E-state index contributed by atoms with van der Waals surface area (Å²) in [5.41, 5.74) is -0.469. The monoisotopic (exact) mass is 286 g/mol. The summed E-state index contributed by atoms with van der Waals surface area (Å²) >= 11 is 0. The lowest BCUT2D eigenvalue weighted by atomic mass is 9.97. The van der Waals surface area contributed by atoms with Gasteiger partial charge in [-0.05, 0) is 46.7 Å². The Labute approximate surface area is 120 Å². The Hall–Kier alpha value is -1.30. The molecule has 0 aromatic rings. The van der Waals surface area contributed by atoms with E-state index in [2.05, 4.69) is 10.2 Å². The van der Waals surface area contributed by atoms with Gasteiger partial charge in [0.25, 0.3) is 0 Å². The number of alkyl carbamates (subject to hydrolysis) is 1. The Kier molecular flexibility index (Phi) is 6.26. The van der Waals surface area contributed by atoms with Crippen molar-refractivity contribution in [3.05, 3.63) is 0 Å². The predicted octanol–water partition coefficient (Wildman–Crippen LogP) is 1.40. The molecule has 0 spiro atoms. The first-order chi connectivity index (χ1) is 9.31. The Bertz CT molecular complexity index is 331. The van der Waals surface area contributed by atoms with Crippen LogP contribution in [-0.2, 0) is 14.3 Å². The Morgan fingerprint density at radius 2 is 1.85 bits per heavy atom. The molecule has 0 atom stereocenters. The van der Waals surface area contributed by atoms with Crippen LogP contribution in [0.25, 0.3) is 0 Å². The zero-order chi connectivity index (χ0) is 15.2. The van der Waals surface area contributed by atoms with E-state index in [4.69, 9.17) is 9.47 Å². The lowest BCUT2D eigenvalue weighted by Gasteiger charge is -2.30. The molecule has 116 valence electrons. The van der Waals surface area contributed by atoms with E-state index in [-0.39, 0.29) is 18.0 Å². The van der Waals surface area contributed by atoms with Gasteiger partial charge in [-0.2, -0.15) is 0 Å². The van der Waals surface area contributed by atoms with Crippen molar-refractivity contribution in [2.75, 3.05) is 33.3 Å². The minimum absolute atomic E-state index is 0.0232. The van der Waals surface area contributed by atoms with Gasteiger partial charge in [-0.1, -0.05) is 0 Å². The second kappa shape index (κ2) is 7.47. The van der Waals surface area contributed by atoms with Gasteiger partial charge in [0, 0.05) is 13.1 Å². The molecule has 1 amide bonds. The van der Waals surface area contributed by atoms with E-state index >= 15 is 0 Å². The van der Waals surface area contributed by atoms with Crippen LogP contribution in [-0.4, -0.2) is 55.9 Å². The maximum Gasteiger partial charge on any atom is 0.407 e. The molecule has 6 nitrogen and oxygen atoms in total. The average Bonchev–Trinajstić information content (AvgIpc) is 2.36. The Morgan fingerprint density at radius 3 is 2.35 bits per heavy atom. The lowest BCUT2D eigenvalue weighted by molar-refractivity contribution is -0.147. The molecule has 0 saturated carbocycles. The van der Waals surface area contributed by atoms with E-state index < -0.39 is 5.60 Å². The molecule has 1 N–H and O–H groups in total. The summed E-state index contributed by atoms with van der Waals surface area (Å²) in [5, 5.41) is 2.74. The van der Waals surface area contributed by atoms with Crippen molar-refractivity contribution < 1.29 is 19.1 Å². The summed E-state index contributed by atoms with van der Waals surface area (Å²) in [6, 6.07) is 0. The first kappa shape index (κ1) is 16.8. The maximum atomic E-state index is 11.5. The number of ether oxygens (including phenoxy) is 2. The standard InChI is InChI=1S/C14H26N2O4/c1-14(2,3)20-13(18)15-7-10-16-8-5-11(6-9-16)12(17)19-4/h11H,5-10H2,1-4H3,(H,15,18). The fourth-order valence-corrected chi connectivity index (χ4v) is 2.19. The van der Waals surface area contributed by atoms with Gasteiger partial charge in [0.05, 0.1) is 13.0 Å². The van der Waals surface area contributed by atoms with Crippen LogP contribution in [0.1, 0.15) is 33.6 Å². The summed E-state index contributed by atoms with van der Waals surface area (Å²) in [7, 11) is 1.43. The lowest BCUT2D eigenvalue weighted by Crippen LogP contribution is -2.42. The summed E-state index contributed by atoms with van der Waals surface area (Å²) in [6.07, 6.45) is 1.25. The fraction of sp³-hybridized carbons (Fsp3) is 0.857. The molecular formula is C14H26N2O4. The third kappa shape index (κ3) is 6.23. The van der Waals surface area contributed by atoms with E-state index in [1.807, 2.05) is 20.8 Å². The Morgan fingerprint density at radius 1 is 1.25 bits per heavy atom. The zero-order valence-corrected chi connectivity index (χ0v) is 12.9. The molecule has 1 aliphatic rings. The molecule has 0 aliphatic carbocycles. The highest BCUT2D eigenvalue weighted by atomic mass is 16.6. The molecule has 0 bridgehead atoms. The van der Waals surface area contributed by atoms with Crippen molar-refractivity contribution in [1.82, 2.24) is 10.2 Å². The molecular weight excluding hydrogens is 260 g/mol. The smallest absolute Gasteiger partial charge is 0.407 e. The first-order valence-corrected chi connectivity index (χ1v) is 7.09. The molecule has 1 rings (SSSR count). The third-order valence-electron chi connectivity index (χ3n) is 3.22. The van der Waals surface area contributed by atoms with Crippen LogP contribution in [0, 0.1) is 5.92 Å². The summed E-state index contributed by atoms with van der Waals surface area (Å²) in [5.74, 6) is -0.0911. The number of carbonyl (C=O) groups excluding carboxylic acids is 2. The molecule has 1 heterocycles. The second-order valence-electron chi connectivity index (χ2n) is 6.07. The molecule has 1 fully saturated rings. The predicted molar refractivity (Wildman–Crippen MR) is 75.4 cm³/mol.